The minimum atomic E-state index is -0.443. The van der Waals surface area contributed by atoms with E-state index in [-0.39, 0.29) is 4.75 Å². The number of thiophene rings is 1. The Hall–Kier alpha value is -1.55. The summed E-state index contributed by atoms with van der Waals surface area (Å²) in [5, 5.41) is 10.4. The molecule has 4 nitrogen and oxygen atoms in total. The maximum absolute atomic E-state index is 9.11. The van der Waals surface area contributed by atoms with Gasteiger partial charge < -0.3 is 5.73 Å². The summed E-state index contributed by atoms with van der Waals surface area (Å²) in [4.78, 5) is 11.0. The molecule has 2 aromatic heterocycles. The van der Waals surface area contributed by atoms with E-state index in [9.17, 15) is 0 Å². The Balaban J connectivity index is 2.05. The zero-order valence-corrected chi connectivity index (χ0v) is 17.4. The molecule has 1 aliphatic heterocycles. The molecule has 0 fully saturated rings. The molecule has 2 aromatic rings. The predicted molar refractivity (Wildman–Crippen MR) is 112 cm³/mol. The van der Waals surface area contributed by atoms with Crippen LogP contribution in [0.5, 0.6) is 0 Å². The van der Waals surface area contributed by atoms with Gasteiger partial charge in [-0.15, -0.1) is 11.3 Å². The molecule has 3 heterocycles. The first-order chi connectivity index (χ1) is 12.3. The van der Waals surface area contributed by atoms with Gasteiger partial charge in [-0.2, -0.15) is 5.26 Å². The van der Waals surface area contributed by atoms with Crippen molar-refractivity contribution >= 4 is 39.9 Å². The van der Waals surface area contributed by atoms with Crippen LogP contribution in [0.3, 0.4) is 0 Å². The Bertz CT molecular complexity index is 895. The van der Waals surface area contributed by atoms with E-state index in [0.717, 1.165) is 34.6 Å². The number of amidine groups is 1. The van der Waals surface area contributed by atoms with Crippen molar-refractivity contribution in [2.75, 3.05) is 0 Å². The summed E-state index contributed by atoms with van der Waals surface area (Å²) < 4.78 is 0.0797. The highest BCUT2D eigenvalue weighted by Gasteiger charge is 2.44. The lowest BCUT2D eigenvalue weighted by Crippen LogP contribution is -2.41. The zero-order valence-electron chi connectivity index (χ0n) is 15.0. The molecule has 0 saturated carbocycles. The van der Waals surface area contributed by atoms with E-state index in [1.54, 1.807) is 35.5 Å². The summed E-state index contributed by atoms with van der Waals surface area (Å²) in [6.45, 7) is 6.52. The van der Waals surface area contributed by atoms with Gasteiger partial charge in [0.05, 0.1) is 21.0 Å². The van der Waals surface area contributed by atoms with E-state index in [4.69, 9.17) is 27.6 Å². The highest BCUT2D eigenvalue weighted by atomic mass is 35.5. The van der Waals surface area contributed by atoms with Crippen LogP contribution < -0.4 is 5.73 Å². The number of rotatable bonds is 4. The summed E-state index contributed by atoms with van der Waals surface area (Å²) in [7, 11) is 0. The van der Waals surface area contributed by atoms with Gasteiger partial charge >= 0.3 is 0 Å². The van der Waals surface area contributed by atoms with Gasteiger partial charge in [-0.1, -0.05) is 37.2 Å². The Morgan fingerprint density at radius 2 is 2.04 bits per heavy atom. The van der Waals surface area contributed by atoms with E-state index in [2.05, 4.69) is 31.8 Å². The van der Waals surface area contributed by atoms with Crippen molar-refractivity contribution < 1.29 is 0 Å². The van der Waals surface area contributed by atoms with Crippen molar-refractivity contribution in [2.24, 2.45) is 10.7 Å². The van der Waals surface area contributed by atoms with Crippen molar-refractivity contribution in [2.45, 2.75) is 50.3 Å². The smallest absolute Gasteiger partial charge is 0.155 e. The van der Waals surface area contributed by atoms with Gasteiger partial charge in [0.25, 0.3) is 0 Å². The number of nitriles is 1. The average molecular weight is 405 g/mol. The molecule has 0 saturated heterocycles. The minimum Gasteiger partial charge on any atom is -0.378 e. The summed E-state index contributed by atoms with van der Waals surface area (Å²) in [5.41, 5.74) is 7.19. The molecule has 0 radical (unpaired) electrons. The van der Waals surface area contributed by atoms with Crippen molar-refractivity contribution in [1.29, 1.82) is 5.26 Å². The SMILES string of the molecule is CCC1(CC)CC(C)(c2sc(-c3cncc(C#N)c3)cc2Cl)N=C(N)S1. The predicted octanol–water partition coefficient (Wildman–Crippen LogP) is 5.56. The fraction of sp³-hybridized carbons (Fsp3) is 0.421. The normalized spacial score (nSPS) is 21.9. The Labute approximate surface area is 167 Å². The topological polar surface area (TPSA) is 75.1 Å². The standard InChI is InChI=1S/C19H21ClN4S2/c1-4-19(5-2)11-18(3,24-17(22)26-19)16-14(20)7-15(25-16)13-6-12(8-21)9-23-10-13/h6-7,9-10H,4-5,11H2,1-3H3,(H2,22,24). The molecule has 0 amide bonds. The molecular formula is C19H21ClN4S2. The number of aromatic nitrogens is 1. The molecule has 1 aliphatic rings. The van der Waals surface area contributed by atoms with Crippen LogP contribution in [0, 0.1) is 11.3 Å². The highest BCUT2D eigenvalue weighted by molar-refractivity contribution is 8.15. The molecule has 0 aliphatic carbocycles. The van der Waals surface area contributed by atoms with Crippen LogP contribution in [-0.4, -0.2) is 14.9 Å². The molecule has 3 rings (SSSR count). The molecule has 0 aromatic carbocycles. The van der Waals surface area contributed by atoms with Crippen LogP contribution in [0.2, 0.25) is 5.02 Å². The summed E-state index contributed by atoms with van der Waals surface area (Å²) in [5.74, 6) is 0. The Morgan fingerprint density at radius 1 is 1.31 bits per heavy atom. The largest absolute Gasteiger partial charge is 0.378 e. The number of hydrogen-bond acceptors (Lipinski definition) is 6. The van der Waals surface area contributed by atoms with Gasteiger partial charge in [0.1, 0.15) is 6.07 Å². The van der Waals surface area contributed by atoms with Crippen LogP contribution in [0.1, 0.15) is 50.5 Å². The molecule has 0 spiro atoms. The maximum atomic E-state index is 9.11. The number of hydrogen-bond donors (Lipinski definition) is 1. The molecule has 7 heteroatoms. The maximum Gasteiger partial charge on any atom is 0.155 e. The molecule has 26 heavy (non-hydrogen) atoms. The lowest BCUT2D eigenvalue weighted by Gasteiger charge is -2.42. The quantitative estimate of drug-likeness (QED) is 0.723. The van der Waals surface area contributed by atoms with Gasteiger partial charge in [-0.3, -0.25) is 9.98 Å². The molecule has 1 unspecified atom stereocenters. The van der Waals surface area contributed by atoms with E-state index >= 15 is 0 Å². The lowest BCUT2D eigenvalue weighted by atomic mass is 9.84. The highest BCUT2D eigenvalue weighted by Crippen LogP contribution is 2.52. The minimum absolute atomic E-state index is 0.0797. The first kappa shape index (κ1) is 19.2. The first-order valence-electron chi connectivity index (χ1n) is 8.54. The van der Waals surface area contributed by atoms with Crippen molar-refractivity contribution in [3.05, 3.63) is 40.0 Å². The fourth-order valence-corrected chi connectivity index (χ4v) is 6.43. The molecular weight excluding hydrogens is 384 g/mol. The molecule has 1 atom stereocenters. The second kappa shape index (κ2) is 7.22. The van der Waals surface area contributed by atoms with Gasteiger partial charge in [-0.05, 0) is 38.3 Å². The number of pyridine rings is 1. The van der Waals surface area contributed by atoms with Crippen LogP contribution in [-0.2, 0) is 5.54 Å². The number of nitrogens with zero attached hydrogens (tertiary/aromatic N) is 3. The summed E-state index contributed by atoms with van der Waals surface area (Å²) >= 11 is 9.92. The number of thioether (sulfide) groups is 1. The first-order valence-corrected chi connectivity index (χ1v) is 10.6. The second-order valence-corrected chi connectivity index (χ2v) is 9.70. The van der Waals surface area contributed by atoms with E-state index in [1.807, 2.05) is 12.1 Å². The Kier molecular flexibility index (Phi) is 5.34. The number of aliphatic imine (C=N–C) groups is 1. The van der Waals surface area contributed by atoms with Crippen LogP contribution in [0.4, 0.5) is 0 Å². The fourth-order valence-electron chi connectivity index (χ4n) is 3.48. The van der Waals surface area contributed by atoms with E-state index in [1.165, 1.54) is 0 Å². The van der Waals surface area contributed by atoms with Crippen LogP contribution in [0.15, 0.2) is 29.5 Å². The van der Waals surface area contributed by atoms with Crippen LogP contribution >= 0.6 is 34.7 Å². The number of nitrogens with two attached hydrogens (primary N) is 1. The van der Waals surface area contributed by atoms with Crippen molar-refractivity contribution in [3.8, 4) is 16.5 Å². The summed E-state index contributed by atoms with van der Waals surface area (Å²) in [6.07, 6.45) is 6.27. The molecule has 2 N–H and O–H groups in total. The molecule has 136 valence electrons. The zero-order chi connectivity index (χ0) is 18.9. The van der Waals surface area contributed by atoms with Crippen molar-refractivity contribution in [1.82, 2.24) is 4.98 Å². The lowest BCUT2D eigenvalue weighted by molar-refractivity contribution is 0.363. The van der Waals surface area contributed by atoms with E-state index < -0.39 is 5.54 Å². The van der Waals surface area contributed by atoms with Gasteiger partial charge in [-0.25, -0.2) is 0 Å². The van der Waals surface area contributed by atoms with Crippen molar-refractivity contribution in [3.63, 3.8) is 0 Å². The van der Waals surface area contributed by atoms with Crippen LogP contribution in [0.25, 0.3) is 10.4 Å². The van der Waals surface area contributed by atoms with Gasteiger partial charge in [0.2, 0.25) is 0 Å². The summed E-state index contributed by atoms with van der Waals surface area (Å²) in [6, 6.07) is 5.90. The third-order valence-corrected chi connectivity index (χ3v) is 8.26. The third-order valence-electron chi connectivity index (χ3n) is 4.96. The average Bonchev–Trinajstić information content (AvgIpc) is 3.03. The van der Waals surface area contributed by atoms with E-state index in [0.29, 0.717) is 15.8 Å². The van der Waals surface area contributed by atoms with Gasteiger partial charge in [0, 0.05) is 27.6 Å². The van der Waals surface area contributed by atoms with Gasteiger partial charge in [0.15, 0.2) is 5.17 Å². The second-order valence-electron chi connectivity index (χ2n) is 6.75. The monoisotopic (exact) mass is 404 g/mol. The third kappa shape index (κ3) is 3.48. The number of halogens is 1. The Morgan fingerprint density at radius 3 is 2.69 bits per heavy atom. The molecule has 0 bridgehead atoms.